The monoisotopic (exact) mass is 361 g/mol. The molecule has 1 aliphatic rings. The van der Waals surface area contributed by atoms with Crippen molar-refractivity contribution in [1.82, 2.24) is 10.1 Å². The molecular weight excluding hydrogens is 337 g/mol. The molecule has 1 aromatic carbocycles. The highest BCUT2D eigenvalue weighted by Gasteiger charge is 2.27. The zero-order valence-corrected chi connectivity index (χ0v) is 15.6. The second-order valence-electron chi connectivity index (χ2n) is 7.45. The molecular formula is C19H24FN3O3. The third-order valence-corrected chi connectivity index (χ3v) is 4.13. The molecule has 0 spiro atoms. The summed E-state index contributed by atoms with van der Waals surface area (Å²) in [4.78, 5) is 15.7. The summed E-state index contributed by atoms with van der Waals surface area (Å²) in [5.74, 6) is 0.312. The van der Waals surface area contributed by atoms with Crippen molar-refractivity contribution in [2.75, 3.05) is 31.1 Å². The quantitative estimate of drug-likeness (QED) is 0.813. The molecule has 0 unspecified atom stereocenters. The van der Waals surface area contributed by atoms with E-state index in [9.17, 15) is 9.18 Å². The smallest absolute Gasteiger partial charge is 0.410 e. The first-order valence-electron chi connectivity index (χ1n) is 8.69. The van der Waals surface area contributed by atoms with Crippen LogP contribution in [0.4, 0.5) is 14.9 Å². The average Bonchev–Trinajstić information content (AvgIpc) is 3.00. The number of amides is 1. The number of aromatic nitrogens is 1. The van der Waals surface area contributed by atoms with E-state index in [-0.39, 0.29) is 11.9 Å². The first-order valence-corrected chi connectivity index (χ1v) is 8.69. The van der Waals surface area contributed by atoms with E-state index < -0.39 is 5.60 Å². The molecule has 1 aliphatic heterocycles. The largest absolute Gasteiger partial charge is 0.444 e. The first-order chi connectivity index (χ1) is 12.2. The highest BCUT2D eigenvalue weighted by molar-refractivity contribution is 5.69. The van der Waals surface area contributed by atoms with Crippen molar-refractivity contribution in [3.05, 3.63) is 35.8 Å². The minimum Gasteiger partial charge on any atom is -0.444 e. The van der Waals surface area contributed by atoms with Crippen LogP contribution < -0.4 is 4.90 Å². The number of ether oxygens (including phenoxy) is 1. The van der Waals surface area contributed by atoms with Gasteiger partial charge in [-0.1, -0.05) is 5.16 Å². The van der Waals surface area contributed by atoms with Gasteiger partial charge < -0.3 is 19.1 Å². The Morgan fingerprint density at radius 1 is 1.19 bits per heavy atom. The summed E-state index contributed by atoms with van der Waals surface area (Å²) < 4.78 is 25.0. The van der Waals surface area contributed by atoms with Gasteiger partial charge in [0, 0.05) is 37.8 Å². The Bertz CT molecular complexity index is 790. The van der Waals surface area contributed by atoms with E-state index in [1.807, 2.05) is 38.7 Å². The van der Waals surface area contributed by atoms with Crippen LogP contribution in [0.5, 0.6) is 0 Å². The third-order valence-electron chi connectivity index (χ3n) is 4.13. The molecule has 0 N–H and O–H groups in total. The molecule has 2 aromatic rings. The molecule has 6 nitrogen and oxygen atoms in total. The number of carbonyl (C=O) groups is 1. The fraction of sp³-hybridized carbons (Fsp3) is 0.474. The molecule has 2 heterocycles. The molecule has 0 atom stereocenters. The van der Waals surface area contributed by atoms with Gasteiger partial charge in [-0.15, -0.1) is 0 Å². The Labute approximate surface area is 152 Å². The molecule has 1 aromatic heterocycles. The molecule has 0 aliphatic carbocycles. The molecule has 26 heavy (non-hydrogen) atoms. The Balaban J connectivity index is 1.70. The molecule has 1 fully saturated rings. The van der Waals surface area contributed by atoms with Gasteiger partial charge in [0.2, 0.25) is 0 Å². The maximum Gasteiger partial charge on any atom is 0.410 e. The number of hydrogen-bond donors (Lipinski definition) is 0. The van der Waals surface area contributed by atoms with Crippen molar-refractivity contribution in [3.63, 3.8) is 0 Å². The molecule has 0 saturated carbocycles. The van der Waals surface area contributed by atoms with E-state index in [4.69, 9.17) is 9.26 Å². The van der Waals surface area contributed by atoms with Gasteiger partial charge in [-0.3, -0.25) is 0 Å². The van der Waals surface area contributed by atoms with Gasteiger partial charge in [0.15, 0.2) is 5.76 Å². The maximum absolute atomic E-state index is 14.4. The van der Waals surface area contributed by atoms with Gasteiger partial charge in [-0.05, 0) is 45.9 Å². The predicted molar refractivity (Wildman–Crippen MR) is 96.7 cm³/mol. The SMILES string of the molecule is Cc1cc(-c2ccc(F)c(N3CCN(C(=O)OC(C)(C)C)CC3)c2)on1. The van der Waals surface area contributed by atoms with Gasteiger partial charge in [0.1, 0.15) is 11.4 Å². The third kappa shape index (κ3) is 4.15. The van der Waals surface area contributed by atoms with Gasteiger partial charge in [0.05, 0.1) is 11.4 Å². The highest BCUT2D eigenvalue weighted by atomic mass is 19.1. The summed E-state index contributed by atoms with van der Waals surface area (Å²) in [6.07, 6.45) is -0.330. The lowest BCUT2D eigenvalue weighted by Crippen LogP contribution is -2.50. The fourth-order valence-electron chi connectivity index (χ4n) is 2.86. The lowest BCUT2D eigenvalue weighted by Gasteiger charge is -2.36. The zero-order valence-electron chi connectivity index (χ0n) is 15.6. The number of anilines is 1. The van der Waals surface area contributed by atoms with E-state index in [1.165, 1.54) is 6.07 Å². The normalized spacial score (nSPS) is 15.3. The van der Waals surface area contributed by atoms with Crippen LogP contribution in [0.3, 0.4) is 0 Å². The zero-order chi connectivity index (χ0) is 18.9. The second kappa shape index (κ2) is 6.97. The van der Waals surface area contributed by atoms with Gasteiger partial charge in [-0.2, -0.15) is 0 Å². The summed E-state index contributed by atoms with van der Waals surface area (Å²) in [5.41, 5.74) is 1.53. The fourth-order valence-corrected chi connectivity index (χ4v) is 2.86. The summed E-state index contributed by atoms with van der Waals surface area (Å²) in [6.45, 7) is 9.41. The first kappa shape index (κ1) is 18.2. The molecule has 7 heteroatoms. The van der Waals surface area contributed by atoms with Crippen LogP contribution in [0.15, 0.2) is 28.8 Å². The van der Waals surface area contributed by atoms with Gasteiger partial charge >= 0.3 is 6.09 Å². The number of halogens is 1. The van der Waals surface area contributed by atoms with Crippen molar-refractivity contribution in [2.45, 2.75) is 33.3 Å². The number of nitrogens with zero attached hydrogens (tertiary/aromatic N) is 3. The Morgan fingerprint density at radius 2 is 1.88 bits per heavy atom. The molecule has 0 bridgehead atoms. The van der Waals surface area contributed by atoms with Crippen molar-refractivity contribution < 1.29 is 18.4 Å². The minimum atomic E-state index is -0.524. The number of carbonyl (C=O) groups excluding carboxylic acids is 1. The summed E-state index contributed by atoms with van der Waals surface area (Å²) >= 11 is 0. The number of rotatable bonds is 2. The van der Waals surface area contributed by atoms with Crippen molar-refractivity contribution in [3.8, 4) is 11.3 Å². The Morgan fingerprint density at radius 3 is 2.46 bits per heavy atom. The van der Waals surface area contributed by atoms with E-state index in [0.29, 0.717) is 37.6 Å². The van der Waals surface area contributed by atoms with Crippen LogP contribution >= 0.6 is 0 Å². The van der Waals surface area contributed by atoms with E-state index in [0.717, 1.165) is 11.3 Å². The highest BCUT2D eigenvalue weighted by Crippen LogP contribution is 2.28. The van der Waals surface area contributed by atoms with E-state index >= 15 is 0 Å². The van der Waals surface area contributed by atoms with Crippen LogP contribution in [0.2, 0.25) is 0 Å². The Kier molecular flexibility index (Phi) is 4.89. The summed E-state index contributed by atoms with van der Waals surface area (Å²) in [6, 6.07) is 6.69. The maximum atomic E-state index is 14.4. The van der Waals surface area contributed by atoms with Crippen molar-refractivity contribution >= 4 is 11.8 Å². The topological polar surface area (TPSA) is 58.8 Å². The predicted octanol–water partition coefficient (Wildman–Crippen LogP) is 3.85. The molecule has 140 valence electrons. The number of benzene rings is 1. The average molecular weight is 361 g/mol. The van der Waals surface area contributed by atoms with Gasteiger partial charge in [-0.25, -0.2) is 9.18 Å². The lowest BCUT2D eigenvalue weighted by atomic mass is 10.1. The van der Waals surface area contributed by atoms with E-state index in [2.05, 4.69) is 5.16 Å². The van der Waals surface area contributed by atoms with Crippen LogP contribution in [0.25, 0.3) is 11.3 Å². The number of aryl methyl sites for hydroxylation is 1. The number of hydrogen-bond acceptors (Lipinski definition) is 5. The lowest BCUT2D eigenvalue weighted by molar-refractivity contribution is 0.0240. The van der Waals surface area contributed by atoms with Crippen LogP contribution in [-0.4, -0.2) is 47.9 Å². The summed E-state index contributed by atoms with van der Waals surface area (Å²) in [5, 5.41) is 3.88. The van der Waals surface area contributed by atoms with Crippen molar-refractivity contribution in [2.24, 2.45) is 0 Å². The molecule has 1 amide bonds. The van der Waals surface area contributed by atoms with E-state index in [1.54, 1.807) is 17.0 Å². The van der Waals surface area contributed by atoms with Crippen LogP contribution in [-0.2, 0) is 4.74 Å². The van der Waals surface area contributed by atoms with Gasteiger partial charge in [0.25, 0.3) is 0 Å². The van der Waals surface area contributed by atoms with Crippen molar-refractivity contribution in [1.29, 1.82) is 0 Å². The molecule has 1 saturated heterocycles. The van der Waals surface area contributed by atoms with Crippen LogP contribution in [0.1, 0.15) is 26.5 Å². The number of piperazine rings is 1. The Hall–Kier alpha value is -2.57. The summed E-state index contributed by atoms with van der Waals surface area (Å²) in [7, 11) is 0. The standard InChI is InChI=1S/C19H24FN3O3/c1-13-11-17(26-21-13)14-5-6-15(20)16(12-14)22-7-9-23(10-8-22)18(24)25-19(2,3)4/h5-6,11-12H,7-10H2,1-4H3. The molecule has 3 rings (SSSR count). The minimum absolute atomic E-state index is 0.296. The molecule has 0 radical (unpaired) electrons. The second-order valence-corrected chi connectivity index (χ2v) is 7.45. The van der Waals surface area contributed by atoms with Crippen LogP contribution in [0, 0.1) is 12.7 Å².